The molecule has 1 aliphatic heterocycles. The number of hydrogen-bond acceptors (Lipinski definition) is 5. The largest absolute Gasteiger partial charge is 0.496 e. The highest BCUT2D eigenvalue weighted by atomic mass is 79.9. The van der Waals surface area contributed by atoms with E-state index in [0.29, 0.717) is 21.5 Å². The van der Waals surface area contributed by atoms with Crippen molar-refractivity contribution in [2.45, 2.75) is 6.92 Å². The molecule has 3 aromatic carbocycles. The van der Waals surface area contributed by atoms with Crippen molar-refractivity contribution in [1.82, 2.24) is 5.32 Å². The van der Waals surface area contributed by atoms with Crippen LogP contribution in [0.1, 0.15) is 15.9 Å². The van der Waals surface area contributed by atoms with Crippen LogP contribution in [0.4, 0.5) is 39.0 Å². The normalized spacial score (nSPS) is 13.3. The van der Waals surface area contributed by atoms with Gasteiger partial charge in [-0.05, 0) is 61.1 Å². The molecule has 3 aromatic rings. The highest BCUT2D eigenvalue weighted by Crippen LogP contribution is 2.32. The van der Waals surface area contributed by atoms with Crippen molar-refractivity contribution in [3.63, 3.8) is 0 Å². The maximum absolute atomic E-state index is 14.2. The number of ether oxygens (including phenoxy) is 1. The number of thiocarbonyl (C=S) groups is 1. The number of rotatable bonds is 5. The molecule has 6 nitrogen and oxygen atoms in total. The zero-order chi connectivity index (χ0) is 28.4. The maximum Gasteiger partial charge on any atom is 0.261 e. The van der Waals surface area contributed by atoms with Gasteiger partial charge in [0.25, 0.3) is 5.91 Å². The van der Waals surface area contributed by atoms with E-state index in [4.69, 9.17) is 17.0 Å². The lowest BCUT2D eigenvalue weighted by Gasteiger charge is -2.37. The van der Waals surface area contributed by atoms with Crippen LogP contribution >= 0.6 is 28.1 Å². The number of methoxy groups -OCH3 is 1. The number of carbonyl (C=O) groups excluding carboxylic acids is 1. The SMILES string of the molecule is COc1c(C)cc(Br)cc1C(=O)NC(=S)Nc1ccc(N2CCN(c3c(F)c(F)c(F)c(F)c3F)CC2)cc1. The quantitative estimate of drug-likeness (QED) is 0.158. The third-order valence-corrected chi connectivity index (χ3v) is 6.85. The molecule has 0 atom stereocenters. The Bertz CT molecular complexity index is 1400. The highest BCUT2D eigenvalue weighted by molar-refractivity contribution is 9.10. The van der Waals surface area contributed by atoms with Crippen LogP contribution in [-0.2, 0) is 0 Å². The third kappa shape index (κ3) is 5.93. The monoisotopic (exact) mass is 628 g/mol. The first-order valence-electron chi connectivity index (χ1n) is 11.6. The topological polar surface area (TPSA) is 56.8 Å². The molecule has 0 aromatic heterocycles. The van der Waals surface area contributed by atoms with Crippen molar-refractivity contribution < 1.29 is 31.5 Å². The van der Waals surface area contributed by atoms with Gasteiger partial charge in [-0.3, -0.25) is 10.1 Å². The van der Waals surface area contributed by atoms with Gasteiger partial charge >= 0.3 is 0 Å². The molecule has 1 fully saturated rings. The maximum atomic E-state index is 14.2. The first-order chi connectivity index (χ1) is 18.5. The predicted molar refractivity (Wildman–Crippen MR) is 146 cm³/mol. The lowest BCUT2D eigenvalue weighted by molar-refractivity contribution is 0.0974. The van der Waals surface area contributed by atoms with Crippen molar-refractivity contribution in [3.05, 3.63) is 81.1 Å². The number of nitrogens with zero attached hydrogens (tertiary/aromatic N) is 2. The third-order valence-electron chi connectivity index (χ3n) is 6.19. The Labute approximate surface area is 234 Å². The Morgan fingerprint density at radius 1 is 0.897 bits per heavy atom. The second-order valence-corrected chi connectivity index (χ2v) is 9.98. The van der Waals surface area contributed by atoms with Crippen LogP contribution in [-0.4, -0.2) is 44.3 Å². The Kier molecular flexibility index (Phi) is 8.60. The molecular formula is C26H22BrF5N4O2S. The fourth-order valence-corrected chi connectivity index (χ4v) is 5.10. The predicted octanol–water partition coefficient (Wildman–Crippen LogP) is 5.92. The molecule has 206 valence electrons. The van der Waals surface area contributed by atoms with Crippen LogP contribution in [0.2, 0.25) is 0 Å². The van der Waals surface area contributed by atoms with Crippen LogP contribution < -0.4 is 25.2 Å². The first kappa shape index (κ1) is 28.6. The van der Waals surface area contributed by atoms with E-state index in [1.165, 1.54) is 7.11 Å². The zero-order valence-electron chi connectivity index (χ0n) is 20.7. The van der Waals surface area contributed by atoms with Crippen molar-refractivity contribution in [2.75, 3.05) is 48.4 Å². The van der Waals surface area contributed by atoms with Gasteiger partial charge in [0.2, 0.25) is 5.82 Å². The average Bonchev–Trinajstić information content (AvgIpc) is 2.91. The Balaban J connectivity index is 1.37. The van der Waals surface area contributed by atoms with Crippen LogP contribution in [0, 0.1) is 36.0 Å². The molecule has 13 heteroatoms. The molecule has 2 N–H and O–H groups in total. The molecule has 0 saturated carbocycles. The van der Waals surface area contributed by atoms with Gasteiger partial charge in [0.05, 0.1) is 12.7 Å². The lowest BCUT2D eigenvalue weighted by atomic mass is 10.1. The first-order valence-corrected chi connectivity index (χ1v) is 12.8. The fourth-order valence-electron chi connectivity index (χ4n) is 4.32. The minimum Gasteiger partial charge on any atom is -0.496 e. The van der Waals surface area contributed by atoms with Gasteiger partial charge in [-0.25, -0.2) is 22.0 Å². The molecule has 1 heterocycles. The standard InChI is InChI=1S/C26H22BrF5N4O2S/c1-13-11-14(27)12-17(24(13)38-2)25(37)34-26(39)33-15-3-5-16(6-4-15)35-7-9-36(10-8-35)23-21(31)19(29)18(28)20(30)22(23)32/h3-6,11-12H,7-10H2,1-2H3,(H2,33,34,37,39). The van der Waals surface area contributed by atoms with Gasteiger partial charge in [-0.2, -0.15) is 0 Å². The van der Waals surface area contributed by atoms with E-state index in [2.05, 4.69) is 26.6 Å². The minimum absolute atomic E-state index is 0.0486. The summed E-state index contributed by atoms with van der Waals surface area (Å²) in [4.78, 5) is 15.8. The van der Waals surface area contributed by atoms with E-state index >= 15 is 0 Å². The number of nitrogens with one attached hydrogen (secondary N) is 2. The van der Waals surface area contributed by atoms with Gasteiger partial charge < -0.3 is 19.9 Å². The number of amides is 1. The molecule has 39 heavy (non-hydrogen) atoms. The Hall–Kier alpha value is -3.45. The van der Waals surface area contributed by atoms with Gasteiger partial charge in [0.1, 0.15) is 11.4 Å². The van der Waals surface area contributed by atoms with Crippen molar-refractivity contribution in [1.29, 1.82) is 0 Å². The number of halogens is 6. The lowest BCUT2D eigenvalue weighted by Crippen LogP contribution is -2.47. The summed E-state index contributed by atoms with van der Waals surface area (Å²) in [7, 11) is 1.48. The molecule has 0 radical (unpaired) electrons. The number of carbonyl (C=O) groups is 1. The molecule has 0 spiro atoms. The molecule has 1 aliphatic rings. The van der Waals surface area contributed by atoms with Crippen LogP contribution in [0.5, 0.6) is 5.75 Å². The number of piperazine rings is 1. The van der Waals surface area contributed by atoms with E-state index in [-0.39, 0.29) is 31.3 Å². The van der Waals surface area contributed by atoms with Crippen LogP contribution in [0.3, 0.4) is 0 Å². The average molecular weight is 629 g/mol. The summed E-state index contributed by atoms with van der Waals surface area (Å²) in [6.07, 6.45) is 0. The molecule has 0 bridgehead atoms. The molecule has 0 aliphatic carbocycles. The summed E-state index contributed by atoms with van der Waals surface area (Å²) >= 11 is 8.64. The van der Waals surface area contributed by atoms with Gasteiger partial charge in [0, 0.05) is 42.0 Å². The molecule has 1 amide bonds. The second-order valence-electron chi connectivity index (χ2n) is 8.65. The molecule has 4 rings (SSSR count). The molecule has 1 saturated heterocycles. The van der Waals surface area contributed by atoms with Crippen LogP contribution in [0.15, 0.2) is 40.9 Å². The summed E-state index contributed by atoms with van der Waals surface area (Å²) in [6.45, 7) is 2.49. The van der Waals surface area contributed by atoms with Crippen molar-refractivity contribution in [3.8, 4) is 5.75 Å². The highest BCUT2D eigenvalue weighted by Gasteiger charge is 2.30. The van der Waals surface area contributed by atoms with Gasteiger partial charge in [-0.15, -0.1) is 0 Å². The fraction of sp³-hybridized carbons (Fsp3) is 0.231. The summed E-state index contributed by atoms with van der Waals surface area (Å²) in [6, 6.07) is 10.5. The van der Waals surface area contributed by atoms with Gasteiger partial charge in [-0.1, -0.05) is 15.9 Å². The summed E-state index contributed by atoms with van der Waals surface area (Å²) in [5.41, 5.74) is 1.55. The Morgan fingerprint density at radius 2 is 1.44 bits per heavy atom. The Morgan fingerprint density at radius 3 is 2.00 bits per heavy atom. The summed E-state index contributed by atoms with van der Waals surface area (Å²) in [5.74, 6) is -9.80. The van der Waals surface area contributed by atoms with Crippen molar-refractivity contribution in [2.24, 2.45) is 0 Å². The smallest absolute Gasteiger partial charge is 0.261 e. The van der Waals surface area contributed by atoms with Gasteiger partial charge in [0.15, 0.2) is 28.4 Å². The van der Waals surface area contributed by atoms with Crippen LogP contribution in [0.25, 0.3) is 0 Å². The number of hydrogen-bond donors (Lipinski definition) is 2. The zero-order valence-corrected chi connectivity index (χ0v) is 23.1. The molecular weight excluding hydrogens is 607 g/mol. The van der Waals surface area contributed by atoms with E-state index in [1.807, 2.05) is 17.9 Å². The number of anilines is 3. The minimum atomic E-state index is -2.18. The van der Waals surface area contributed by atoms with E-state index in [0.717, 1.165) is 16.2 Å². The van der Waals surface area contributed by atoms with Crippen molar-refractivity contribution >= 4 is 56.2 Å². The van der Waals surface area contributed by atoms with E-state index < -0.39 is 40.7 Å². The summed E-state index contributed by atoms with van der Waals surface area (Å²) < 4.78 is 75.0. The van der Waals surface area contributed by atoms with E-state index in [1.54, 1.807) is 30.3 Å². The number of benzene rings is 3. The summed E-state index contributed by atoms with van der Waals surface area (Å²) in [5, 5.41) is 5.62. The number of aryl methyl sites for hydroxylation is 1. The second kappa shape index (κ2) is 11.7. The molecule has 0 unspecified atom stereocenters. The van der Waals surface area contributed by atoms with E-state index in [9.17, 15) is 26.7 Å².